The average Bonchev–Trinajstić information content (AvgIpc) is 3.36. The minimum absolute atomic E-state index is 0.809. The van der Waals surface area contributed by atoms with Gasteiger partial charge in [0.05, 0.1) is 39.2 Å². The summed E-state index contributed by atoms with van der Waals surface area (Å²) in [6, 6.07) is 23.7. The molecule has 5 nitrogen and oxygen atoms in total. The number of fused-ring (bicyclic) bond motifs is 2. The lowest BCUT2D eigenvalue weighted by atomic mass is 10.3. The lowest BCUT2D eigenvalue weighted by Gasteiger charge is -1.97. The summed E-state index contributed by atoms with van der Waals surface area (Å²) in [6.45, 7) is 0. The summed E-state index contributed by atoms with van der Waals surface area (Å²) in [5, 5.41) is 3.24. The summed E-state index contributed by atoms with van der Waals surface area (Å²) in [5.74, 6) is 0. The quantitative estimate of drug-likeness (QED) is 0.287. The highest BCUT2D eigenvalue weighted by atomic mass is 32.2. The van der Waals surface area contributed by atoms with E-state index in [2.05, 4.69) is 42.3 Å². The van der Waals surface area contributed by atoms with Gasteiger partial charge in [0, 0.05) is 4.90 Å². The Kier molecular flexibility index (Phi) is 5.58. The molecular formula is C21H15N5S2. The molecule has 0 spiro atoms. The second kappa shape index (κ2) is 8.63. The van der Waals surface area contributed by atoms with Crippen molar-refractivity contribution in [3.8, 4) is 0 Å². The summed E-state index contributed by atoms with van der Waals surface area (Å²) in [5.41, 5.74) is 4.96. The first-order valence-corrected chi connectivity index (χ1v) is 9.73. The fourth-order valence-corrected chi connectivity index (χ4v) is 3.52. The van der Waals surface area contributed by atoms with Crippen molar-refractivity contribution in [1.82, 2.24) is 19.9 Å². The van der Waals surface area contributed by atoms with Crippen LogP contribution in [0.15, 0.2) is 94.2 Å². The first-order valence-electron chi connectivity index (χ1n) is 8.50. The van der Waals surface area contributed by atoms with Crippen LogP contribution in [0.5, 0.6) is 0 Å². The molecule has 136 valence electrons. The number of imidazole rings is 2. The molecule has 0 aliphatic heterocycles. The number of nitrogens with zero attached hydrogens (tertiary/aromatic N) is 3. The van der Waals surface area contributed by atoms with Crippen LogP contribution in [0.25, 0.3) is 22.1 Å². The summed E-state index contributed by atoms with van der Waals surface area (Å²) < 4.78 is 0. The van der Waals surface area contributed by atoms with Crippen LogP contribution in [-0.4, -0.2) is 25.1 Å². The molecule has 0 amide bonds. The SMILES string of the molecule is S=C=Nc1ccc(Sc2nc3ccccc3[nH]2)cc1.c1ccc2[nH]cnc2c1. The van der Waals surface area contributed by atoms with E-state index in [1.807, 2.05) is 72.8 Å². The molecule has 0 unspecified atom stereocenters. The van der Waals surface area contributed by atoms with Crippen molar-refractivity contribution in [2.75, 3.05) is 0 Å². The largest absolute Gasteiger partial charge is 0.345 e. The number of nitrogens with one attached hydrogen (secondary N) is 2. The maximum absolute atomic E-state index is 4.57. The van der Waals surface area contributed by atoms with E-state index in [0.29, 0.717) is 0 Å². The van der Waals surface area contributed by atoms with E-state index in [4.69, 9.17) is 0 Å². The van der Waals surface area contributed by atoms with E-state index in [1.54, 1.807) is 18.1 Å². The van der Waals surface area contributed by atoms with Gasteiger partial charge in [0.1, 0.15) is 0 Å². The fourth-order valence-electron chi connectivity index (χ4n) is 2.61. The van der Waals surface area contributed by atoms with Crippen LogP contribution in [0, 0.1) is 0 Å². The lowest BCUT2D eigenvalue weighted by molar-refractivity contribution is 1.08. The van der Waals surface area contributed by atoms with Crippen LogP contribution in [0.4, 0.5) is 5.69 Å². The van der Waals surface area contributed by atoms with E-state index in [1.165, 1.54) is 0 Å². The number of aromatic nitrogens is 4. The van der Waals surface area contributed by atoms with Gasteiger partial charge in [0.2, 0.25) is 0 Å². The number of aromatic amines is 2. The molecule has 0 saturated heterocycles. The van der Waals surface area contributed by atoms with Crippen molar-refractivity contribution in [1.29, 1.82) is 0 Å². The van der Waals surface area contributed by atoms with Gasteiger partial charge in [0.15, 0.2) is 5.16 Å². The monoisotopic (exact) mass is 401 g/mol. The number of hydrogen-bond donors (Lipinski definition) is 2. The van der Waals surface area contributed by atoms with Gasteiger partial charge in [-0.15, -0.1) is 0 Å². The van der Waals surface area contributed by atoms with Crippen LogP contribution in [0.2, 0.25) is 0 Å². The van der Waals surface area contributed by atoms with Crippen LogP contribution in [0.1, 0.15) is 0 Å². The molecule has 0 bridgehead atoms. The normalized spacial score (nSPS) is 10.3. The van der Waals surface area contributed by atoms with Crippen LogP contribution in [-0.2, 0) is 0 Å². The zero-order chi connectivity index (χ0) is 19.2. The average molecular weight is 402 g/mol. The third kappa shape index (κ3) is 4.35. The molecular weight excluding hydrogens is 386 g/mol. The zero-order valence-corrected chi connectivity index (χ0v) is 16.3. The third-order valence-corrected chi connectivity index (χ3v) is 4.91. The van der Waals surface area contributed by atoms with Crippen molar-refractivity contribution in [3.63, 3.8) is 0 Å². The number of rotatable bonds is 3. The number of H-pyrrole nitrogens is 2. The van der Waals surface area contributed by atoms with Crippen molar-refractivity contribution >= 4 is 56.9 Å². The maximum Gasteiger partial charge on any atom is 0.171 e. The topological polar surface area (TPSA) is 69.7 Å². The Morgan fingerprint density at radius 2 is 1.57 bits per heavy atom. The van der Waals surface area contributed by atoms with Gasteiger partial charge in [-0.1, -0.05) is 36.0 Å². The summed E-state index contributed by atoms with van der Waals surface area (Å²) >= 11 is 6.16. The smallest absolute Gasteiger partial charge is 0.171 e. The molecule has 2 aromatic heterocycles. The molecule has 5 aromatic rings. The Labute approximate surface area is 171 Å². The molecule has 0 radical (unpaired) electrons. The van der Waals surface area contributed by atoms with E-state index in [0.717, 1.165) is 37.8 Å². The Morgan fingerprint density at radius 1 is 0.857 bits per heavy atom. The van der Waals surface area contributed by atoms with Gasteiger partial charge >= 0.3 is 0 Å². The Hall–Kier alpha value is -3.25. The molecule has 0 saturated carbocycles. The van der Waals surface area contributed by atoms with Gasteiger partial charge in [-0.2, -0.15) is 4.99 Å². The van der Waals surface area contributed by atoms with E-state index < -0.39 is 0 Å². The van der Waals surface area contributed by atoms with Gasteiger partial charge in [-0.25, -0.2) is 9.97 Å². The van der Waals surface area contributed by atoms with Crippen molar-refractivity contribution in [3.05, 3.63) is 79.1 Å². The maximum atomic E-state index is 4.57. The first kappa shape index (κ1) is 18.1. The molecule has 0 fully saturated rings. The second-order valence-corrected chi connectivity index (χ2v) is 7.02. The number of aliphatic imine (C=N–C) groups is 1. The Bertz CT molecular complexity index is 1190. The number of thiocarbonyl (C=S) groups is 1. The molecule has 7 heteroatoms. The second-order valence-electron chi connectivity index (χ2n) is 5.78. The number of hydrogen-bond acceptors (Lipinski definition) is 5. The van der Waals surface area contributed by atoms with E-state index >= 15 is 0 Å². The molecule has 0 atom stereocenters. The van der Waals surface area contributed by atoms with Gasteiger partial charge < -0.3 is 9.97 Å². The third-order valence-electron chi connectivity index (χ3n) is 3.92. The van der Waals surface area contributed by atoms with E-state index in [-0.39, 0.29) is 0 Å². The molecule has 2 heterocycles. The first-order chi connectivity index (χ1) is 13.8. The predicted molar refractivity (Wildman–Crippen MR) is 117 cm³/mol. The van der Waals surface area contributed by atoms with Crippen molar-refractivity contribution in [2.24, 2.45) is 4.99 Å². The fraction of sp³-hybridized carbons (Fsp3) is 0. The highest BCUT2D eigenvalue weighted by Crippen LogP contribution is 2.28. The standard InChI is InChI=1S/C14H9N3S2.C7H6N2/c18-9-15-10-5-7-11(8-6-10)19-14-16-12-3-1-2-4-13(12)17-14;1-2-4-7-6(3-1)8-5-9-7/h1-8H,(H,16,17);1-5H,(H,8,9). The molecule has 2 N–H and O–H groups in total. The highest BCUT2D eigenvalue weighted by molar-refractivity contribution is 7.99. The molecule has 3 aromatic carbocycles. The van der Waals surface area contributed by atoms with Crippen molar-refractivity contribution < 1.29 is 0 Å². The molecule has 0 aliphatic carbocycles. The van der Waals surface area contributed by atoms with Crippen molar-refractivity contribution in [2.45, 2.75) is 10.1 Å². The van der Waals surface area contributed by atoms with Crippen LogP contribution < -0.4 is 0 Å². The number of isothiocyanates is 1. The van der Waals surface area contributed by atoms with Gasteiger partial charge in [-0.3, -0.25) is 0 Å². The Balaban J connectivity index is 0.000000177. The molecule has 5 rings (SSSR count). The highest BCUT2D eigenvalue weighted by Gasteiger charge is 2.03. The Morgan fingerprint density at radius 3 is 2.29 bits per heavy atom. The molecule has 28 heavy (non-hydrogen) atoms. The minimum Gasteiger partial charge on any atom is -0.345 e. The van der Waals surface area contributed by atoms with Gasteiger partial charge in [-0.05, 0) is 60.7 Å². The minimum atomic E-state index is 0.809. The van der Waals surface area contributed by atoms with E-state index in [9.17, 15) is 0 Å². The zero-order valence-electron chi connectivity index (χ0n) is 14.7. The summed E-state index contributed by atoms with van der Waals surface area (Å²) in [4.78, 5) is 19.9. The lowest BCUT2D eigenvalue weighted by Crippen LogP contribution is -1.75. The van der Waals surface area contributed by atoms with Gasteiger partial charge in [0.25, 0.3) is 0 Å². The molecule has 0 aliphatic rings. The van der Waals surface area contributed by atoms with Crippen LogP contribution >= 0.6 is 24.0 Å². The summed E-state index contributed by atoms with van der Waals surface area (Å²) in [7, 11) is 0. The predicted octanol–water partition coefficient (Wildman–Crippen LogP) is 6.01. The number of para-hydroxylation sites is 4. The van der Waals surface area contributed by atoms with Crippen LogP contribution in [0.3, 0.4) is 0 Å². The number of benzene rings is 3. The summed E-state index contributed by atoms with van der Waals surface area (Å²) in [6.07, 6.45) is 1.70.